The van der Waals surface area contributed by atoms with Gasteiger partial charge in [-0.05, 0) is 116 Å². The van der Waals surface area contributed by atoms with E-state index < -0.39 is 61.5 Å². The monoisotopic (exact) mass is 963 g/mol. The number of fused-ring (bicyclic) bond motifs is 9. The molecule has 3 aliphatic rings. The second-order valence-electron chi connectivity index (χ2n) is 23.6. The number of phenolic OH excluding ortho intramolecular Hbond substituents is 2. The molecule has 0 saturated carbocycles. The van der Waals surface area contributed by atoms with E-state index in [0.717, 1.165) is 22.3 Å². The number of esters is 4. The molecular formula is C58H74O12. The van der Waals surface area contributed by atoms with Gasteiger partial charge in [-0.1, -0.05) is 132 Å². The first-order valence-electron chi connectivity index (χ1n) is 24.4. The average molecular weight is 963 g/mol. The number of rotatable bonds is 4. The maximum atomic E-state index is 14.2. The SMILES string of the molecule is CC(C)OC(=O)C1OC(=O)COc2c3cc(C(C)(C)C)cc2Cc2cc(C(C)(C)C)cc(c2O)Cc2cc(C(C)(C)C)cc(c2OCC(=O)O[C@H]1C(=O)OC(C)C)Cc1cc(C(C)(C)C)cc(c1O)C3. The molecule has 1 unspecified atom stereocenters. The highest BCUT2D eigenvalue weighted by atomic mass is 16.7. The Morgan fingerprint density at radius 1 is 0.457 bits per heavy atom. The summed E-state index contributed by atoms with van der Waals surface area (Å²) in [5.41, 5.74) is 7.33. The number of ether oxygens (including phenoxy) is 6. The Balaban J connectivity index is 1.77. The van der Waals surface area contributed by atoms with Gasteiger partial charge in [-0.25, -0.2) is 19.2 Å². The number of carbonyl (C=O) groups is 4. The molecule has 378 valence electrons. The van der Waals surface area contributed by atoms with Crippen molar-refractivity contribution in [3.8, 4) is 23.0 Å². The van der Waals surface area contributed by atoms with Gasteiger partial charge in [-0.2, -0.15) is 0 Å². The lowest BCUT2D eigenvalue weighted by atomic mass is 9.79. The molecule has 0 radical (unpaired) electrons. The van der Waals surface area contributed by atoms with Crippen molar-refractivity contribution in [2.24, 2.45) is 0 Å². The van der Waals surface area contributed by atoms with Crippen molar-refractivity contribution in [1.82, 2.24) is 0 Å². The third-order valence-corrected chi connectivity index (χ3v) is 12.6. The zero-order chi connectivity index (χ0) is 52.0. The van der Waals surface area contributed by atoms with Crippen LogP contribution >= 0.6 is 0 Å². The van der Waals surface area contributed by atoms with E-state index in [9.17, 15) is 29.4 Å². The Kier molecular flexibility index (Phi) is 15.2. The second kappa shape index (κ2) is 20.0. The van der Waals surface area contributed by atoms with Crippen LogP contribution in [-0.2, 0) is 85.5 Å². The third kappa shape index (κ3) is 12.5. The number of hydrogen-bond donors (Lipinski definition) is 2. The summed E-state index contributed by atoms with van der Waals surface area (Å²) in [6.07, 6.45) is -4.97. The molecule has 0 saturated heterocycles. The molecule has 7 rings (SSSR count). The van der Waals surface area contributed by atoms with E-state index in [1.54, 1.807) is 27.7 Å². The number of phenols is 2. The summed E-state index contributed by atoms with van der Waals surface area (Å²) >= 11 is 0. The number of aromatic hydroxyl groups is 2. The summed E-state index contributed by atoms with van der Waals surface area (Å²) in [4.78, 5) is 56.1. The predicted octanol–water partition coefficient (Wildman–Crippen LogP) is 10.5. The lowest BCUT2D eigenvalue weighted by Crippen LogP contribution is -2.49. The maximum absolute atomic E-state index is 14.2. The fraction of sp³-hybridized carbons (Fsp3) is 0.517. The molecule has 0 aromatic heterocycles. The molecule has 0 fully saturated rings. The number of hydrogen-bond acceptors (Lipinski definition) is 12. The molecule has 4 aromatic rings. The first kappa shape index (κ1) is 53.3. The van der Waals surface area contributed by atoms with Gasteiger partial charge in [0.25, 0.3) is 0 Å². The average Bonchev–Trinajstić information content (AvgIpc) is 3.21. The minimum Gasteiger partial charge on any atom is -0.507 e. The van der Waals surface area contributed by atoms with Crippen molar-refractivity contribution in [2.75, 3.05) is 13.2 Å². The van der Waals surface area contributed by atoms with E-state index >= 15 is 0 Å². The first-order chi connectivity index (χ1) is 32.3. The van der Waals surface area contributed by atoms with E-state index in [1.807, 2.05) is 48.5 Å². The summed E-state index contributed by atoms with van der Waals surface area (Å²) < 4.78 is 35.7. The fourth-order valence-electron chi connectivity index (χ4n) is 8.70. The van der Waals surface area contributed by atoms with Gasteiger partial charge in [0.15, 0.2) is 13.2 Å². The first-order valence-corrected chi connectivity index (χ1v) is 24.4. The summed E-state index contributed by atoms with van der Waals surface area (Å²) in [6, 6.07) is 16.1. The zero-order valence-electron chi connectivity index (χ0n) is 44.1. The number of benzene rings is 4. The van der Waals surface area contributed by atoms with Gasteiger partial charge in [-0.3, -0.25) is 0 Å². The van der Waals surface area contributed by atoms with Gasteiger partial charge in [0.1, 0.15) is 23.0 Å². The third-order valence-electron chi connectivity index (χ3n) is 12.6. The van der Waals surface area contributed by atoms with Gasteiger partial charge in [0.05, 0.1) is 12.2 Å². The molecule has 0 spiro atoms. The quantitative estimate of drug-likeness (QED) is 0.0997. The smallest absolute Gasteiger partial charge is 0.352 e. The van der Waals surface area contributed by atoms with Crippen LogP contribution in [0.4, 0.5) is 0 Å². The molecule has 2 N–H and O–H groups in total. The van der Waals surface area contributed by atoms with Crippen molar-refractivity contribution in [1.29, 1.82) is 0 Å². The van der Waals surface area contributed by atoms with E-state index in [1.165, 1.54) is 0 Å². The van der Waals surface area contributed by atoms with Crippen LogP contribution < -0.4 is 9.47 Å². The standard InChI is InChI=1S/C58H74O12/c1-31(2)67-53(63)51-52(54(64)68-32(3)4)70-46(60)30-66-50-39-19-35-23-41(55(5,6)7)21-33(47(35)61)17-37-25-43(57(11,12)13)26-38(49(37)65-29-45(59)69-51)18-34-22-42(56(8,9)10)24-36(48(34)62)20-40(50)28-44(27-39)58(14,15)16/h21-28,31-32,51-52,61-62H,17-20,29-30H2,1-16H3/t51-,52?/m1/s1. The fourth-order valence-corrected chi connectivity index (χ4v) is 8.70. The molecule has 4 aromatic carbocycles. The van der Waals surface area contributed by atoms with Crippen LogP contribution in [-0.4, -0.2) is 71.7 Å². The summed E-state index contributed by atoms with van der Waals surface area (Å²) in [5, 5.41) is 25.1. The Morgan fingerprint density at radius 3 is 0.900 bits per heavy atom. The Hall–Kier alpha value is -6.04. The van der Waals surface area contributed by atoms with E-state index in [0.29, 0.717) is 56.0 Å². The van der Waals surface area contributed by atoms with E-state index in [4.69, 9.17) is 28.4 Å². The van der Waals surface area contributed by atoms with Gasteiger partial charge in [-0.15, -0.1) is 0 Å². The summed E-state index contributed by atoms with van der Waals surface area (Å²) in [6.45, 7) is 30.0. The minimum atomic E-state index is -2.10. The Bertz CT molecular complexity index is 2380. The molecule has 2 heterocycles. The lowest BCUT2D eigenvalue weighted by Gasteiger charge is -2.28. The molecule has 2 atom stereocenters. The molecule has 12 heteroatoms. The van der Waals surface area contributed by atoms with Crippen LogP contribution in [0.25, 0.3) is 0 Å². The van der Waals surface area contributed by atoms with Gasteiger partial charge in [0.2, 0.25) is 12.2 Å². The van der Waals surface area contributed by atoms with Crippen molar-refractivity contribution in [3.63, 3.8) is 0 Å². The van der Waals surface area contributed by atoms with Gasteiger partial charge >= 0.3 is 23.9 Å². The molecule has 0 amide bonds. The normalized spacial score (nSPS) is 17.2. The van der Waals surface area contributed by atoms with Gasteiger partial charge < -0.3 is 38.6 Å². The maximum Gasteiger partial charge on any atom is 0.352 e. The van der Waals surface area contributed by atoms with Crippen LogP contribution in [0.3, 0.4) is 0 Å². The lowest BCUT2D eigenvalue weighted by molar-refractivity contribution is -0.195. The van der Waals surface area contributed by atoms with Crippen LogP contribution in [0, 0.1) is 0 Å². The zero-order valence-corrected chi connectivity index (χ0v) is 44.1. The summed E-state index contributed by atoms with van der Waals surface area (Å²) in [7, 11) is 0. The van der Waals surface area contributed by atoms with Crippen LogP contribution in [0.15, 0.2) is 48.5 Å². The summed E-state index contributed by atoms with van der Waals surface area (Å²) in [5.74, 6) is -3.72. The van der Waals surface area contributed by atoms with Gasteiger partial charge in [0, 0.05) is 25.7 Å². The van der Waals surface area contributed by atoms with E-state index in [2.05, 4.69) is 83.1 Å². The highest BCUT2D eigenvalue weighted by molar-refractivity contribution is 5.90. The molecule has 10 bridgehead atoms. The largest absolute Gasteiger partial charge is 0.507 e. The Morgan fingerprint density at radius 2 is 0.686 bits per heavy atom. The van der Waals surface area contributed by atoms with E-state index in [-0.39, 0.29) is 58.8 Å². The van der Waals surface area contributed by atoms with Crippen LogP contribution in [0.5, 0.6) is 23.0 Å². The van der Waals surface area contributed by atoms with Crippen molar-refractivity contribution < 1.29 is 57.8 Å². The second-order valence-corrected chi connectivity index (χ2v) is 23.6. The highest BCUT2D eigenvalue weighted by Gasteiger charge is 2.44. The topological polar surface area (TPSA) is 164 Å². The molecule has 12 nitrogen and oxygen atoms in total. The van der Waals surface area contributed by atoms with Crippen LogP contribution in [0.2, 0.25) is 0 Å². The van der Waals surface area contributed by atoms with Crippen molar-refractivity contribution in [2.45, 2.75) is 183 Å². The van der Waals surface area contributed by atoms with Crippen molar-refractivity contribution in [3.05, 3.63) is 115 Å². The molecule has 70 heavy (non-hydrogen) atoms. The van der Waals surface area contributed by atoms with Crippen molar-refractivity contribution >= 4 is 23.9 Å². The molecular weight excluding hydrogens is 889 g/mol. The molecule has 2 aliphatic heterocycles. The number of carbonyl (C=O) groups excluding carboxylic acids is 4. The highest BCUT2D eigenvalue weighted by Crippen LogP contribution is 2.44. The predicted molar refractivity (Wildman–Crippen MR) is 268 cm³/mol. The molecule has 1 aliphatic carbocycles. The minimum absolute atomic E-state index is 0.0647. The Labute approximate surface area is 414 Å². The van der Waals surface area contributed by atoms with Crippen LogP contribution in [0.1, 0.15) is 178 Å².